The van der Waals surface area contributed by atoms with E-state index in [1.807, 2.05) is 0 Å². The molecule has 3 N–H and O–H groups in total. The maximum atomic E-state index is 8.84. The largest absolute Gasteiger partial charge is 0.409 e. The van der Waals surface area contributed by atoms with Gasteiger partial charge in [0.15, 0.2) is 17.3 Å². The molecular formula is C12H20N6O. The van der Waals surface area contributed by atoms with Crippen molar-refractivity contribution in [1.29, 1.82) is 0 Å². The van der Waals surface area contributed by atoms with Crippen LogP contribution >= 0.6 is 0 Å². The number of hydrogen-bond donors (Lipinski definition) is 2. The van der Waals surface area contributed by atoms with Gasteiger partial charge < -0.3 is 20.7 Å². The molecule has 7 heteroatoms. The smallest absolute Gasteiger partial charge is 0.192 e. The number of rotatable bonds is 4. The van der Waals surface area contributed by atoms with Gasteiger partial charge in [-0.2, -0.15) is 0 Å². The van der Waals surface area contributed by atoms with Crippen molar-refractivity contribution in [3.63, 3.8) is 0 Å². The van der Waals surface area contributed by atoms with E-state index in [4.69, 9.17) is 10.9 Å². The molecule has 19 heavy (non-hydrogen) atoms. The van der Waals surface area contributed by atoms with Crippen molar-refractivity contribution in [2.45, 2.75) is 18.9 Å². The van der Waals surface area contributed by atoms with Crippen LogP contribution in [0.1, 0.15) is 18.5 Å². The molecule has 1 aliphatic rings. The molecule has 1 aliphatic heterocycles. The summed E-state index contributed by atoms with van der Waals surface area (Å²) < 4.78 is 0. The van der Waals surface area contributed by atoms with E-state index in [1.54, 1.807) is 12.4 Å². The van der Waals surface area contributed by atoms with Gasteiger partial charge in [0.25, 0.3) is 0 Å². The van der Waals surface area contributed by atoms with Gasteiger partial charge in [-0.25, -0.2) is 9.97 Å². The van der Waals surface area contributed by atoms with E-state index >= 15 is 0 Å². The first-order chi connectivity index (χ1) is 9.13. The SMILES string of the molecule is CN(C)CC1CCCN1c1nccnc1C(N)=NO. The Morgan fingerprint density at radius 3 is 2.95 bits per heavy atom. The van der Waals surface area contributed by atoms with Crippen LogP contribution in [-0.4, -0.2) is 59.1 Å². The van der Waals surface area contributed by atoms with Crippen molar-refractivity contribution in [3.05, 3.63) is 18.1 Å². The minimum Gasteiger partial charge on any atom is -0.409 e. The Morgan fingerprint density at radius 2 is 2.26 bits per heavy atom. The zero-order valence-corrected chi connectivity index (χ0v) is 11.3. The maximum Gasteiger partial charge on any atom is 0.192 e. The molecular weight excluding hydrogens is 244 g/mol. The molecule has 2 rings (SSSR count). The molecule has 7 nitrogen and oxygen atoms in total. The number of likely N-dealkylation sites (N-methyl/N-ethyl adjacent to an activating group) is 1. The third kappa shape index (κ3) is 2.93. The van der Waals surface area contributed by atoms with E-state index in [2.05, 4.69) is 39.0 Å². The summed E-state index contributed by atoms with van der Waals surface area (Å²) in [5.41, 5.74) is 6.11. The van der Waals surface area contributed by atoms with Crippen molar-refractivity contribution in [2.24, 2.45) is 10.9 Å². The Morgan fingerprint density at radius 1 is 1.53 bits per heavy atom. The summed E-state index contributed by atoms with van der Waals surface area (Å²) in [7, 11) is 4.11. The van der Waals surface area contributed by atoms with Crippen LogP contribution in [0.25, 0.3) is 0 Å². The minimum absolute atomic E-state index is 0.00129. The highest BCUT2D eigenvalue weighted by Crippen LogP contribution is 2.25. The van der Waals surface area contributed by atoms with Crippen LogP contribution in [-0.2, 0) is 0 Å². The maximum absolute atomic E-state index is 8.84. The van der Waals surface area contributed by atoms with Crippen LogP contribution in [0.3, 0.4) is 0 Å². The topological polar surface area (TPSA) is 90.9 Å². The summed E-state index contributed by atoms with van der Waals surface area (Å²) in [5.74, 6) is 0.695. The van der Waals surface area contributed by atoms with Gasteiger partial charge in [0, 0.05) is 31.5 Å². The van der Waals surface area contributed by atoms with E-state index in [0.717, 1.165) is 25.9 Å². The van der Waals surface area contributed by atoms with Gasteiger partial charge in [-0.05, 0) is 26.9 Å². The lowest BCUT2D eigenvalue weighted by Crippen LogP contribution is -2.39. The van der Waals surface area contributed by atoms with E-state index in [0.29, 0.717) is 17.6 Å². The van der Waals surface area contributed by atoms with Crippen molar-refractivity contribution < 1.29 is 5.21 Å². The molecule has 0 aromatic carbocycles. The Balaban J connectivity index is 2.30. The van der Waals surface area contributed by atoms with Crippen molar-refractivity contribution in [3.8, 4) is 0 Å². The zero-order chi connectivity index (χ0) is 13.8. The molecule has 1 saturated heterocycles. The predicted octanol–water partition coefficient (Wildman–Crippen LogP) is 0.102. The lowest BCUT2D eigenvalue weighted by Gasteiger charge is -2.28. The molecule has 0 saturated carbocycles. The molecule has 0 bridgehead atoms. The molecule has 0 spiro atoms. The Labute approximate surface area is 112 Å². The van der Waals surface area contributed by atoms with E-state index in [1.165, 1.54) is 0 Å². The molecule has 1 unspecified atom stereocenters. The number of anilines is 1. The number of nitrogens with two attached hydrogens (primary N) is 1. The molecule has 0 radical (unpaired) electrons. The third-order valence-corrected chi connectivity index (χ3v) is 3.25. The molecule has 1 aromatic heterocycles. The van der Waals surface area contributed by atoms with Crippen molar-refractivity contribution >= 4 is 11.7 Å². The second-order valence-corrected chi connectivity index (χ2v) is 4.97. The number of oxime groups is 1. The van der Waals surface area contributed by atoms with E-state index in [9.17, 15) is 0 Å². The molecule has 104 valence electrons. The average Bonchev–Trinajstić information content (AvgIpc) is 2.85. The van der Waals surface area contributed by atoms with Gasteiger partial charge in [-0.3, -0.25) is 0 Å². The molecule has 2 heterocycles. The zero-order valence-electron chi connectivity index (χ0n) is 11.3. The lowest BCUT2D eigenvalue weighted by atomic mass is 10.2. The minimum atomic E-state index is -0.00129. The van der Waals surface area contributed by atoms with E-state index < -0.39 is 0 Å². The first kappa shape index (κ1) is 13.5. The quantitative estimate of drug-likeness (QED) is 0.347. The van der Waals surface area contributed by atoms with Gasteiger partial charge in [-0.15, -0.1) is 0 Å². The monoisotopic (exact) mass is 264 g/mol. The second kappa shape index (κ2) is 5.83. The van der Waals surface area contributed by atoms with Crippen LogP contribution in [0.5, 0.6) is 0 Å². The first-order valence-corrected chi connectivity index (χ1v) is 6.33. The molecule has 0 aliphatic carbocycles. The van der Waals surface area contributed by atoms with Crippen molar-refractivity contribution in [2.75, 3.05) is 32.1 Å². The molecule has 1 aromatic rings. The first-order valence-electron chi connectivity index (χ1n) is 6.33. The molecule has 1 fully saturated rings. The fourth-order valence-corrected chi connectivity index (χ4v) is 2.49. The molecule has 0 amide bonds. The van der Waals surface area contributed by atoms with Crippen molar-refractivity contribution in [1.82, 2.24) is 14.9 Å². The van der Waals surface area contributed by atoms with Gasteiger partial charge in [0.1, 0.15) is 0 Å². The standard InChI is InChI=1S/C12H20N6O/c1-17(2)8-9-4-3-7-18(9)12-10(11(13)16-19)14-5-6-15-12/h5-6,9,19H,3-4,7-8H2,1-2H3,(H2,13,16). The third-order valence-electron chi connectivity index (χ3n) is 3.25. The summed E-state index contributed by atoms with van der Waals surface area (Å²) in [4.78, 5) is 12.9. The highest BCUT2D eigenvalue weighted by molar-refractivity contribution is 5.99. The lowest BCUT2D eigenvalue weighted by molar-refractivity contribution is 0.318. The van der Waals surface area contributed by atoms with Crippen LogP contribution in [0.2, 0.25) is 0 Å². The fourth-order valence-electron chi connectivity index (χ4n) is 2.49. The highest BCUT2D eigenvalue weighted by atomic mass is 16.4. The summed E-state index contributed by atoms with van der Waals surface area (Å²) in [6, 6.07) is 0.386. The van der Waals surface area contributed by atoms with Gasteiger partial charge >= 0.3 is 0 Å². The summed E-state index contributed by atoms with van der Waals surface area (Å²) in [5, 5.41) is 11.9. The Bertz CT molecular complexity index is 461. The second-order valence-electron chi connectivity index (χ2n) is 4.97. The summed E-state index contributed by atoms with van der Waals surface area (Å²) in [6.45, 7) is 1.87. The number of aromatic nitrogens is 2. The summed E-state index contributed by atoms with van der Waals surface area (Å²) >= 11 is 0. The average molecular weight is 264 g/mol. The van der Waals surface area contributed by atoms with E-state index in [-0.39, 0.29) is 5.84 Å². The number of nitrogens with zero attached hydrogens (tertiary/aromatic N) is 5. The van der Waals surface area contributed by atoms with Crippen LogP contribution in [0.15, 0.2) is 17.5 Å². The Hall–Kier alpha value is -1.89. The summed E-state index contributed by atoms with van der Waals surface area (Å²) in [6.07, 6.45) is 5.41. The molecule has 1 atom stereocenters. The fraction of sp³-hybridized carbons (Fsp3) is 0.583. The normalized spacial score (nSPS) is 20.3. The van der Waals surface area contributed by atoms with Gasteiger partial charge in [-0.1, -0.05) is 5.16 Å². The van der Waals surface area contributed by atoms with Crippen LogP contribution in [0, 0.1) is 0 Å². The number of amidine groups is 1. The van der Waals surface area contributed by atoms with Crippen LogP contribution in [0.4, 0.5) is 5.82 Å². The Kier molecular flexibility index (Phi) is 4.16. The number of hydrogen-bond acceptors (Lipinski definition) is 6. The van der Waals surface area contributed by atoms with Crippen LogP contribution < -0.4 is 10.6 Å². The highest BCUT2D eigenvalue weighted by Gasteiger charge is 2.28. The van der Waals surface area contributed by atoms with Gasteiger partial charge in [0.05, 0.1) is 0 Å². The predicted molar refractivity (Wildman–Crippen MR) is 73.5 cm³/mol. The van der Waals surface area contributed by atoms with Gasteiger partial charge in [0.2, 0.25) is 0 Å².